The Morgan fingerprint density at radius 1 is 1.50 bits per heavy atom. The molecule has 5 unspecified atom stereocenters. The molecule has 0 aliphatic carbocycles. The highest BCUT2D eigenvalue weighted by atomic mass is 32.2. The number of nitrogens with zero attached hydrogens (tertiary/aromatic N) is 1. The van der Waals surface area contributed by atoms with Crippen LogP contribution in [0.4, 0.5) is 4.39 Å². The Labute approximate surface area is 84.1 Å². The number of amidine groups is 1. The number of aliphatic hydroxyl groups is 2. The zero-order valence-electron chi connectivity index (χ0n) is 7.21. The van der Waals surface area contributed by atoms with E-state index in [9.17, 15) is 14.6 Å². The van der Waals surface area contributed by atoms with Gasteiger partial charge in [0.05, 0.1) is 0 Å². The van der Waals surface area contributed by atoms with Crippen molar-refractivity contribution in [2.75, 3.05) is 6.67 Å². The maximum absolute atomic E-state index is 12.4. The summed E-state index contributed by atoms with van der Waals surface area (Å²) in [5.74, 6) is 0. The van der Waals surface area contributed by atoms with Crippen molar-refractivity contribution < 1.29 is 19.3 Å². The first-order valence-corrected chi connectivity index (χ1v) is 5.09. The molecule has 2 aliphatic rings. The van der Waals surface area contributed by atoms with Crippen LogP contribution in [0.1, 0.15) is 0 Å². The third-order valence-corrected chi connectivity index (χ3v) is 3.30. The van der Waals surface area contributed by atoms with E-state index in [4.69, 9.17) is 10.5 Å². The minimum absolute atomic E-state index is 0.297. The standard InChI is InChI=1S/C7H11FN2O3S/c8-1-2-4(11)5(12)3-6(13-2)14-7(9)10-3/h2-6,11-12H,1H2,(H2,9,10). The molecule has 5 nitrogen and oxygen atoms in total. The number of ether oxygens (including phenoxy) is 1. The highest BCUT2D eigenvalue weighted by Crippen LogP contribution is 2.35. The molecule has 0 amide bonds. The van der Waals surface area contributed by atoms with Crippen LogP contribution < -0.4 is 5.73 Å². The molecule has 1 fully saturated rings. The summed E-state index contributed by atoms with van der Waals surface area (Å²) in [5, 5.41) is 19.3. The smallest absolute Gasteiger partial charge is 0.157 e. The SMILES string of the molecule is NC1=NC2C(OC(CF)C(O)C2O)S1. The summed E-state index contributed by atoms with van der Waals surface area (Å²) in [4.78, 5) is 3.91. The van der Waals surface area contributed by atoms with Gasteiger partial charge in [-0.2, -0.15) is 0 Å². The number of rotatable bonds is 1. The number of alkyl halides is 1. The summed E-state index contributed by atoms with van der Waals surface area (Å²) in [5.41, 5.74) is 4.96. The van der Waals surface area contributed by atoms with Gasteiger partial charge in [0.15, 0.2) is 5.17 Å². The van der Waals surface area contributed by atoms with Gasteiger partial charge in [-0.3, -0.25) is 4.99 Å². The Kier molecular flexibility index (Phi) is 2.65. The Morgan fingerprint density at radius 3 is 2.86 bits per heavy atom. The first-order chi connectivity index (χ1) is 6.63. The summed E-state index contributed by atoms with van der Waals surface area (Å²) < 4.78 is 17.6. The van der Waals surface area contributed by atoms with Crippen LogP contribution in [-0.4, -0.2) is 51.8 Å². The van der Waals surface area contributed by atoms with Gasteiger partial charge in [-0.05, 0) is 0 Å². The number of nitrogens with two attached hydrogens (primary N) is 1. The molecule has 0 aromatic carbocycles. The fourth-order valence-corrected chi connectivity index (χ4v) is 2.56. The molecule has 80 valence electrons. The van der Waals surface area contributed by atoms with Crippen molar-refractivity contribution in [3.8, 4) is 0 Å². The van der Waals surface area contributed by atoms with Gasteiger partial charge in [-0.25, -0.2) is 4.39 Å². The van der Waals surface area contributed by atoms with Crippen LogP contribution in [0, 0.1) is 0 Å². The Hall–Kier alpha value is -0.370. The van der Waals surface area contributed by atoms with Crippen LogP contribution in [0.25, 0.3) is 0 Å². The van der Waals surface area contributed by atoms with E-state index in [1.165, 1.54) is 0 Å². The van der Waals surface area contributed by atoms with E-state index in [0.29, 0.717) is 5.17 Å². The lowest BCUT2D eigenvalue weighted by atomic mass is 9.99. The van der Waals surface area contributed by atoms with Crippen LogP contribution in [0.2, 0.25) is 0 Å². The van der Waals surface area contributed by atoms with Crippen molar-refractivity contribution in [2.24, 2.45) is 10.7 Å². The molecule has 2 heterocycles. The minimum Gasteiger partial charge on any atom is -0.388 e. The lowest BCUT2D eigenvalue weighted by Crippen LogP contribution is -2.55. The molecule has 14 heavy (non-hydrogen) atoms. The summed E-state index contributed by atoms with van der Waals surface area (Å²) in [6.07, 6.45) is -3.33. The van der Waals surface area contributed by atoms with Gasteiger partial charge in [0.2, 0.25) is 0 Å². The Balaban J connectivity index is 2.14. The number of aliphatic hydroxyl groups excluding tert-OH is 2. The van der Waals surface area contributed by atoms with Crippen molar-refractivity contribution in [3.05, 3.63) is 0 Å². The zero-order chi connectivity index (χ0) is 10.3. The summed E-state index contributed by atoms with van der Waals surface area (Å²) >= 11 is 1.14. The number of aliphatic imine (C=N–C) groups is 1. The molecule has 0 radical (unpaired) electrons. The van der Waals surface area contributed by atoms with E-state index in [-0.39, 0.29) is 0 Å². The molecular formula is C7H11FN2O3S. The van der Waals surface area contributed by atoms with Crippen LogP contribution in [0.15, 0.2) is 4.99 Å². The van der Waals surface area contributed by atoms with Crippen LogP contribution in [0.5, 0.6) is 0 Å². The second kappa shape index (κ2) is 3.65. The molecule has 7 heteroatoms. The van der Waals surface area contributed by atoms with E-state index in [2.05, 4.69) is 4.99 Å². The van der Waals surface area contributed by atoms with Crippen LogP contribution in [0.3, 0.4) is 0 Å². The first-order valence-electron chi connectivity index (χ1n) is 4.21. The molecular weight excluding hydrogens is 211 g/mol. The molecule has 0 aromatic heterocycles. The molecule has 0 aromatic rings. The quantitative estimate of drug-likeness (QED) is 0.520. The fourth-order valence-electron chi connectivity index (χ4n) is 1.57. The van der Waals surface area contributed by atoms with E-state index < -0.39 is 36.5 Å². The van der Waals surface area contributed by atoms with Crippen molar-refractivity contribution in [1.29, 1.82) is 0 Å². The summed E-state index contributed by atoms with van der Waals surface area (Å²) in [6, 6.07) is -0.585. The van der Waals surface area contributed by atoms with Gasteiger partial charge in [0.25, 0.3) is 0 Å². The lowest BCUT2D eigenvalue weighted by Gasteiger charge is -2.36. The van der Waals surface area contributed by atoms with E-state index >= 15 is 0 Å². The molecule has 5 atom stereocenters. The van der Waals surface area contributed by atoms with Crippen molar-refractivity contribution >= 4 is 16.9 Å². The summed E-state index contributed by atoms with van der Waals surface area (Å²) in [6.45, 7) is -0.831. The molecule has 2 rings (SSSR count). The van der Waals surface area contributed by atoms with Crippen molar-refractivity contribution in [1.82, 2.24) is 0 Å². The predicted octanol–water partition coefficient (Wildman–Crippen LogP) is -1.17. The number of halogens is 1. The molecule has 0 spiro atoms. The molecule has 2 aliphatic heterocycles. The Morgan fingerprint density at radius 2 is 2.21 bits per heavy atom. The molecule has 0 saturated carbocycles. The predicted molar refractivity (Wildman–Crippen MR) is 49.7 cm³/mol. The van der Waals surface area contributed by atoms with Gasteiger partial charge in [-0.15, -0.1) is 0 Å². The largest absolute Gasteiger partial charge is 0.388 e. The number of hydrogen-bond acceptors (Lipinski definition) is 6. The van der Waals surface area contributed by atoms with E-state index in [1.54, 1.807) is 0 Å². The third-order valence-electron chi connectivity index (χ3n) is 2.33. The molecule has 4 N–H and O–H groups in total. The highest BCUT2D eigenvalue weighted by Gasteiger charge is 2.47. The summed E-state index contributed by atoms with van der Waals surface area (Å²) in [7, 11) is 0. The van der Waals surface area contributed by atoms with E-state index in [0.717, 1.165) is 11.8 Å². The van der Waals surface area contributed by atoms with Crippen molar-refractivity contribution in [3.63, 3.8) is 0 Å². The average Bonchev–Trinajstić information content (AvgIpc) is 2.52. The fraction of sp³-hybridized carbons (Fsp3) is 0.857. The number of fused-ring (bicyclic) bond motifs is 1. The first kappa shape index (κ1) is 10.2. The average molecular weight is 222 g/mol. The van der Waals surface area contributed by atoms with Crippen molar-refractivity contribution in [2.45, 2.75) is 29.8 Å². The zero-order valence-corrected chi connectivity index (χ0v) is 8.02. The number of hydrogen-bond donors (Lipinski definition) is 3. The van der Waals surface area contributed by atoms with E-state index in [1.807, 2.05) is 0 Å². The maximum atomic E-state index is 12.4. The highest BCUT2D eigenvalue weighted by molar-refractivity contribution is 8.14. The molecule has 0 bridgehead atoms. The Bertz CT molecular complexity index is 265. The normalized spacial score (nSPS) is 47.4. The minimum atomic E-state index is -1.24. The topological polar surface area (TPSA) is 88.1 Å². The van der Waals surface area contributed by atoms with Gasteiger partial charge < -0.3 is 20.7 Å². The van der Waals surface area contributed by atoms with Crippen LogP contribution in [-0.2, 0) is 4.74 Å². The third kappa shape index (κ3) is 1.50. The van der Waals surface area contributed by atoms with Gasteiger partial charge in [-0.1, -0.05) is 11.8 Å². The molecule has 1 saturated heterocycles. The second-order valence-electron chi connectivity index (χ2n) is 3.25. The lowest BCUT2D eigenvalue weighted by molar-refractivity contribution is -0.157. The maximum Gasteiger partial charge on any atom is 0.157 e. The van der Waals surface area contributed by atoms with Crippen LogP contribution >= 0.6 is 11.8 Å². The van der Waals surface area contributed by atoms with Gasteiger partial charge in [0, 0.05) is 0 Å². The van der Waals surface area contributed by atoms with Gasteiger partial charge >= 0.3 is 0 Å². The monoisotopic (exact) mass is 222 g/mol. The second-order valence-corrected chi connectivity index (χ2v) is 4.37. The number of thioether (sulfide) groups is 1. The van der Waals surface area contributed by atoms with Gasteiger partial charge in [0.1, 0.15) is 36.5 Å².